The average Bonchev–Trinajstić information content (AvgIpc) is 2.74. The molecule has 1 aliphatic rings. The molecule has 3 rings (SSSR count). The number of ether oxygens (including phenoxy) is 1. The highest BCUT2D eigenvalue weighted by Crippen LogP contribution is 2.25. The van der Waals surface area contributed by atoms with Gasteiger partial charge < -0.3 is 19.9 Å². The number of para-hydroxylation sites is 1. The molecule has 1 aliphatic heterocycles. The molecule has 29 heavy (non-hydrogen) atoms. The highest BCUT2D eigenvalue weighted by molar-refractivity contribution is 6.36. The summed E-state index contributed by atoms with van der Waals surface area (Å²) in [5.74, 6) is 0.798. The maximum absolute atomic E-state index is 6.03. The fourth-order valence-electron chi connectivity index (χ4n) is 3.33. The molecule has 0 spiro atoms. The lowest BCUT2D eigenvalue weighted by Gasteiger charge is -2.41. The number of benzene rings is 1. The zero-order valence-electron chi connectivity index (χ0n) is 17.1. The Balaban J connectivity index is 1.84. The fraction of sp³-hybridized carbons (Fsp3) is 0.273. The summed E-state index contributed by atoms with van der Waals surface area (Å²) in [7, 11) is 7.59. The van der Waals surface area contributed by atoms with E-state index in [1.807, 2.05) is 30.3 Å². The van der Waals surface area contributed by atoms with Gasteiger partial charge in [-0.15, -0.1) is 0 Å². The van der Waals surface area contributed by atoms with Gasteiger partial charge in [0.15, 0.2) is 0 Å². The topological polar surface area (TPSA) is 53.5 Å². The largest absolute Gasteiger partial charge is 0.467 e. The van der Waals surface area contributed by atoms with E-state index in [1.54, 1.807) is 13.2 Å². The van der Waals surface area contributed by atoms with Crippen LogP contribution in [0.3, 0.4) is 0 Å². The van der Waals surface area contributed by atoms with Crippen molar-refractivity contribution in [3.8, 4) is 6.01 Å². The van der Waals surface area contributed by atoms with E-state index < -0.39 is 0 Å². The molecule has 1 unspecified atom stereocenters. The first kappa shape index (κ1) is 20.5. The minimum Gasteiger partial charge on any atom is -0.467 e. The molecule has 1 aromatic carbocycles. The third-order valence-corrected chi connectivity index (χ3v) is 4.99. The minimum absolute atomic E-state index is 0.235. The molecule has 2 aromatic rings. The maximum Gasteiger partial charge on any atom is 0.318 e. The summed E-state index contributed by atoms with van der Waals surface area (Å²) in [4.78, 5) is 13.5. The summed E-state index contributed by atoms with van der Waals surface area (Å²) in [5.41, 5.74) is 3.63. The van der Waals surface area contributed by atoms with Crippen LogP contribution < -0.4 is 20.4 Å². The molecule has 1 aromatic heterocycles. The van der Waals surface area contributed by atoms with Crippen molar-refractivity contribution in [2.45, 2.75) is 13.0 Å². The molecule has 6 nitrogen and oxygen atoms in total. The van der Waals surface area contributed by atoms with E-state index in [1.165, 1.54) is 0 Å². The summed E-state index contributed by atoms with van der Waals surface area (Å²) in [5, 5.41) is 3.23. The van der Waals surface area contributed by atoms with E-state index in [0.717, 1.165) is 36.8 Å². The van der Waals surface area contributed by atoms with Crippen molar-refractivity contribution in [3.05, 3.63) is 67.5 Å². The lowest BCUT2D eigenvalue weighted by molar-refractivity contribution is 0.290. The van der Waals surface area contributed by atoms with Gasteiger partial charge in [0.25, 0.3) is 0 Å². The maximum atomic E-state index is 6.03. The van der Waals surface area contributed by atoms with Gasteiger partial charge in [-0.05, 0) is 19.1 Å². The quantitative estimate of drug-likeness (QED) is 0.582. The lowest BCUT2D eigenvalue weighted by Crippen LogP contribution is -2.51. The molecule has 1 fully saturated rings. The molecular formula is C22H26BN5O. The monoisotopic (exact) mass is 387 g/mol. The molecule has 2 radical (unpaired) electrons. The first-order chi connectivity index (χ1) is 13.9. The van der Waals surface area contributed by atoms with Crippen molar-refractivity contribution in [1.82, 2.24) is 14.9 Å². The Kier molecular flexibility index (Phi) is 6.27. The Morgan fingerprint density at radius 2 is 2.03 bits per heavy atom. The minimum atomic E-state index is 0.235. The van der Waals surface area contributed by atoms with Gasteiger partial charge in [-0.25, -0.2) is 0 Å². The summed E-state index contributed by atoms with van der Waals surface area (Å²) < 4.78 is 5.34. The lowest BCUT2D eigenvalue weighted by atomic mass is 9.94. The SMILES string of the molecule is [B]c1ccccc1NC(=C)c1cc(N2CCN(C(=C)C=C)CC2C)nc(OC)n1. The van der Waals surface area contributed by atoms with Crippen LogP contribution in [0, 0.1) is 0 Å². The average molecular weight is 387 g/mol. The fourth-order valence-corrected chi connectivity index (χ4v) is 3.33. The number of aromatic nitrogens is 2. The molecule has 1 atom stereocenters. The van der Waals surface area contributed by atoms with Crippen LogP contribution in [-0.2, 0) is 0 Å². The molecule has 1 saturated heterocycles. The van der Waals surface area contributed by atoms with Gasteiger partial charge in [-0.1, -0.05) is 43.4 Å². The van der Waals surface area contributed by atoms with Crippen LogP contribution in [0.1, 0.15) is 12.6 Å². The first-order valence-corrected chi connectivity index (χ1v) is 9.49. The first-order valence-electron chi connectivity index (χ1n) is 9.49. The number of rotatable bonds is 7. The zero-order valence-corrected chi connectivity index (χ0v) is 17.1. The highest BCUT2D eigenvalue weighted by atomic mass is 16.5. The van der Waals surface area contributed by atoms with Gasteiger partial charge in [0, 0.05) is 43.1 Å². The number of piperazine rings is 1. The molecule has 148 valence electrons. The Morgan fingerprint density at radius 1 is 1.28 bits per heavy atom. The van der Waals surface area contributed by atoms with Crippen molar-refractivity contribution in [2.24, 2.45) is 0 Å². The molecule has 0 saturated carbocycles. The summed E-state index contributed by atoms with van der Waals surface area (Å²) in [6.07, 6.45) is 1.79. The van der Waals surface area contributed by atoms with Crippen LogP contribution in [0.25, 0.3) is 5.70 Å². The highest BCUT2D eigenvalue weighted by Gasteiger charge is 2.26. The zero-order chi connectivity index (χ0) is 21.0. The number of hydrogen-bond acceptors (Lipinski definition) is 6. The van der Waals surface area contributed by atoms with E-state index in [-0.39, 0.29) is 6.04 Å². The standard InChI is InChI=1S/C22H26BN5O/c1-6-15(2)27-11-12-28(16(3)14-27)21-13-20(25-22(26-21)29-5)17(4)24-19-10-8-7-9-18(19)23/h6-10,13,16,24H,1-2,4,11-12,14H2,3,5H3. The Hall–Kier alpha value is -3.22. The van der Waals surface area contributed by atoms with Crippen LogP contribution in [-0.4, -0.2) is 55.5 Å². The predicted molar refractivity (Wildman–Crippen MR) is 121 cm³/mol. The molecule has 2 heterocycles. The van der Waals surface area contributed by atoms with E-state index in [4.69, 9.17) is 12.6 Å². The molecule has 7 heteroatoms. The van der Waals surface area contributed by atoms with Gasteiger partial charge in [0.2, 0.25) is 0 Å². The summed E-state index contributed by atoms with van der Waals surface area (Å²) in [6.45, 7) is 16.6. The molecular weight excluding hydrogens is 361 g/mol. The number of hydrogen-bond donors (Lipinski definition) is 1. The Labute approximate surface area is 174 Å². The van der Waals surface area contributed by atoms with Crippen LogP contribution in [0.4, 0.5) is 11.5 Å². The van der Waals surface area contributed by atoms with Crippen LogP contribution in [0.2, 0.25) is 0 Å². The van der Waals surface area contributed by atoms with E-state index >= 15 is 0 Å². The number of anilines is 2. The van der Waals surface area contributed by atoms with Crippen molar-refractivity contribution in [3.63, 3.8) is 0 Å². The number of allylic oxidation sites excluding steroid dienone is 1. The third-order valence-electron chi connectivity index (χ3n) is 4.99. The van der Waals surface area contributed by atoms with Gasteiger partial charge in [-0.2, -0.15) is 9.97 Å². The second kappa shape index (κ2) is 8.86. The Morgan fingerprint density at radius 3 is 2.69 bits per heavy atom. The van der Waals surface area contributed by atoms with E-state index in [2.05, 4.69) is 51.7 Å². The number of methoxy groups -OCH3 is 1. The summed E-state index contributed by atoms with van der Waals surface area (Å²) >= 11 is 0. The van der Waals surface area contributed by atoms with Gasteiger partial charge in [0.05, 0.1) is 18.5 Å². The number of nitrogens with one attached hydrogen (secondary N) is 1. The van der Waals surface area contributed by atoms with Crippen molar-refractivity contribution in [1.29, 1.82) is 0 Å². The van der Waals surface area contributed by atoms with Gasteiger partial charge in [-0.3, -0.25) is 0 Å². The molecule has 0 aliphatic carbocycles. The van der Waals surface area contributed by atoms with E-state index in [0.29, 0.717) is 22.9 Å². The van der Waals surface area contributed by atoms with Gasteiger partial charge in [0.1, 0.15) is 13.7 Å². The molecule has 0 bridgehead atoms. The van der Waals surface area contributed by atoms with Crippen molar-refractivity contribution in [2.75, 3.05) is 37.0 Å². The second-order valence-corrected chi connectivity index (χ2v) is 6.97. The summed E-state index contributed by atoms with van der Waals surface area (Å²) in [6, 6.07) is 9.98. The van der Waals surface area contributed by atoms with E-state index in [9.17, 15) is 0 Å². The van der Waals surface area contributed by atoms with Crippen molar-refractivity contribution < 1.29 is 4.74 Å². The Bertz CT molecular complexity index is 929. The second-order valence-electron chi connectivity index (χ2n) is 6.97. The normalized spacial score (nSPS) is 16.3. The van der Waals surface area contributed by atoms with Crippen LogP contribution in [0.5, 0.6) is 6.01 Å². The number of nitrogens with zero attached hydrogens (tertiary/aromatic N) is 4. The van der Waals surface area contributed by atoms with Crippen LogP contribution >= 0.6 is 0 Å². The smallest absolute Gasteiger partial charge is 0.318 e. The third kappa shape index (κ3) is 4.62. The predicted octanol–water partition coefficient (Wildman–Crippen LogP) is 2.57. The molecule has 0 amide bonds. The van der Waals surface area contributed by atoms with Crippen LogP contribution in [0.15, 0.2) is 61.8 Å². The van der Waals surface area contributed by atoms with Gasteiger partial charge >= 0.3 is 6.01 Å². The molecule has 1 N–H and O–H groups in total. The van der Waals surface area contributed by atoms with Crippen molar-refractivity contribution >= 4 is 30.5 Å².